The average molecular weight is 304 g/mol. The SMILES string of the molecule is N#CN=C(Cc1cccc(C(F)(F)F)c1)Oc1ccccc1. The average Bonchev–Trinajstić information content (AvgIpc) is 2.48. The summed E-state index contributed by atoms with van der Waals surface area (Å²) in [6, 6.07) is 13.4. The second-order valence-electron chi connectivity index (χ2n) is 4.40. The van der Waals surface area contributed by atoms with Gasteiger partial charge in [-0.1, -0.05) is 36.4 Å². The van der Waals surface area contributed by atoms with Crippen LogP contribution in [0.15, 0.2) is 59.6 Å². The summed E-state index contributed by atoms with van der Waals surface area (Å²) in [6.07, 6.45) is -2.83. The van der Waals surface area contributed by atoms with Gasteiger partial charge in [-0.3, -0.25) is 0 Å². The largest absolute Gasteiger partial charge is 0.442 e. The van der Waals surface area contributed by atoms with Crippen molar-refractivity contribution in [3.8, 4) is 11.9 Å². The van der Waals surface area contributed by atoms with E-state index in [1.165, 1.54) is 12.1 Å². The first kappa shape index (κ1) is 15.6. The first-order chi connectivity index (χ1) is 10.5. The number of benzene rings is 2. The highest BCUT2D eigenvalue weighted by Gasteiger charge is 2.30. The molecule has 2 aromatic carbocycles. The van der Waals surface area contributed by atoms with Crippen LogP contribution in [0.2, 0.25) is 0 Å². The molecule has 0 aliphatic carbocycles. The Bertz CT molecular complexity index is 703. The summed E-state index contributed by atoms with van der Waals surface area (Å²) in [5, 5.41) is 8.68. The molecular weight excluding hydrogens is 293 g/mol. The maximum atomic E-state index is 12.7. The number of para-hydroxylation sites is 1. The Labute approximate surface area is 125 Å². The fourth-order valence-electron chi connectivity index (χ4n) is 1.81. The predicted octanol–water partition coefficient (Wildman–Crippen LogP) is 4.21. The molecule has 0 radical (unpaired) electrons. The number of halogens is 3. The van der Waals surface area contributed by atoms with E-state index in [0.717, 1.165) is 12.1 Å². The van der Waals surface area contributed by atoms with Crippen molar-refractivity contribution in [1.29, 1.82) is 5.26 Å². The van der Waals surface area contributed by atoms with Crippen LogP contribution in [-0.4, -0.2) is 5.90 Å². The molecule has 2 aromatic rings. The molecule has 2 rings (SSSR count). The number of alkyl halides is 3. The fraction of sp³-hybridized carbons (Fsp3) is 0.125. The van der Waals surface area contributed by atoms with Gasteiger partial charge in [0.2, 0.25) is 12.1 Å². The topological polar surface area (TPSA) is 45.4 Å². The highest BCUT2D eigenvalue weighted by Crippen LogP contribution is 2.29. The van der Waals surface area contributed by atoms with E-state index < -0.39 is 11.7 Å². The Kier molecular flexibility index (Phi) is 4.79. The van der Waals surface area contributed by atoms with Gasteiger partial charge in [0.1, 0.15) is 5.75 Å². The summed E-state index contributed by atoms with van der Waals surface area (Å²) >= 11 is 0. The van der Waals surface area contributed by atoms with Crippen molar-refractivity contribution in [2.75, 3.05) is 0 Å². The van der Waals surface area contributed by atoms with E-state index in [9.17, 15) is 13.2 Å². The predicted molar refractivity (Wildman–Crippen MR) is 75.3 cm³/mol. The molecule has 0 bridgehead atoms. The summed E-state index contributed by atoms with van der Waals surface area (Å²) in [5.74, 6) is 0.497. The van der Waals surface area contributed by atoms with Crippen molar-refractivity contribution < 1.29 is 17.9 Å². The van der Waals surface area contributed by atoms with Gasteiger partial charge < -0.3 is 4.74 Å². The molecule has 0 saturated carbocycles. The third kappa shape index (κ3) is 4.35. The maximum absolute atomic E-state index is 12.7. The molecule has 0 spiro atoms. The third-order valence-electron chi connectivity index (χ3n) is 2.76. The second-order valence-corrected chi connectivity index (χ2v) is 4.40. The number of rotatable bonds is 3. The van der Waals surface area contributed by atoms with E-state index in [1.807, 2.05) is 0 Å². The van der Waals surface area contributed by atoms with Crippen LogP contribution in [0.3, 0.4) is 0 Å². The van der Waals surface area contributed by atoms with Gasteiger partial charge in [0.15, 0.2) is 0 Å². The standard InChI is InChI=1S/C16H11F3N2O/c17-16(18,19)13-6-4-5-12(9-13)10-15(21-11-20)22-14-7-2-1-3-8-14/h1-9H,10H2. The minimum Gasteiger partial charge on any atom is -0.442 e. The lowest BCUT2D eigenvalue weighted by molar-refractivity contribution is -0.137. The fourth-order valence-corrected chi connectivity index (χ4v) is 1.81. The molecule has 22 heavy (non-hydrogen) atoms. The van der Waals surface area contributed by atoms with E-state index in [2.05, 4.69) is 4.99 Å². The van der Waals surface area contributed by atoms with Crippen molar-refractivity contribution in [2.45, 2.75) is 12.6 Å². The summed E-state index contributed by atoms with van der Waals surface area (Å²) < 4.78 is 43.5. The van der Waals surface area contributed by atoms with Crippen molar-refractivity contribution >= 4 is 5.90 Å². The zero-order chi connectivity index (χ0) is 16.0. The Morgan fingerprint density at radius 1 is 1.09 bits per heavy atom. The van der Waals surface area contributed by atoms with Crippen LogP contribution >= 0.6 is 0 Å². The van der Waals surface area contributed by atoms with Crippen LogP contribution in [0.5, 0.6) is 5.75 Å². The molecule has 0 heterocycles. The Balaban J connectivity index is 2.19. The molecule has 0 N–H and O–H groups in total. The molecule has 6 heteroatoms. The molecule has 0 atom stereocenters. The molecule has 112 valence electrons. The van der Waals surface area contributed by atoms with Gasteiger partial charge in [-0.05, 0) is 23.8 Å². The second kappa shape index (κ2) is 6.76. The molecule has 3 nitrogen and oxygen atoms in total. The Morgan fingerprint density at radius 3 is 2.45 bits per heavy atom. The monoisotopic (exact) mass is 304 g/mol. The van der Waals surface area contributed by atoms with Gasteiger partial charge in [0, 0.05) is 0 Å². The van der Waals surface area contributed by atoms with Crippen molar-refractivity contribution in [2.24, 2.45) is 4.99 Å². The summed E-state index contributed by atoms with van der Waals surface area (Å²) in [4.78, 5) is 3.53. The molecule has 0 amide bonds. The highest BCUT2D eigenvalue weighted by atomic mass is 19.4. The molecule has 0 aromatic heterocycles. The van der Waals surface area contributed by atoms with E-state index in [4.69, 9.17) is 10.00 Å². The first-order valence-electron chi connectivity index (χ1n) is 6.34. The summed E-state index contributed by atoms with van der Waals surface area (Å²) in [5.41, 5.74) is -0.388. The number of ether oxygens (including phenoxy) is 1. The van der Waals surface area contributed by atoms with Crippen LogP contribution < -0.4 is 4.74 Å². The van der Waals surface area contributed by atoms with Crippen LogP contribution in [0.25, 0.3) is 0 Å². The molecule has 0 unspecified atom stereocenters. The lowest BCUT2D eigenvalue weighted by Gasteiger charge is -2.10. The van der Waals surface area contributed by atoms with Gasteiger partial charge in [0.05, 0.1) is 12.0 Å². The quantitative estimate of drug-likeness (QED) is 0.484. The summed E-state index contributed by atoms with van der Waals surface area (Å²) in [6.45, 7) is 0. The Morgan fingerprint density at radius 2 is 1.82 bits per heavy atom. The normalized spacial score (nSPS) is 11.8. The molecule has 0 aliphatic heterocycles. The number of nitriles is 1. The number of hydrogen-bond donors (Lipinski definition) is 0. The van der Waals surface area contributed by atoms with E-state index in [1.54, 1.807) is 36.5 Å². The highest BCUT2D eigenvalue weighted by molar-refractivity contribution is 5.81. The van der Waals surface area contributed by atoms with Crippen LogP contribution in [0.1, 0.15) is 11.1 Å². The van der Waals surface area contributed by atoms with Crippen molar-refractivity contribution in [3.63, 3.8) is 0 Å². The van der Waals surface area contributed by atoms with E-state index in [-0.39, 0.29) is 12.3 Å². The van der Waals surface area contributed by atoms with Crippen LogP contribution in [0.4, 0.5) is 13.2 Å². The van der Waals surface area contributed by atoms with Crippen LogP contribution in [-0.2, 0) is 12.6 Å². The minimum atomic E-state index is -4.41. The van der Waals surface area contributed by atoms with Gasteiger partial charge in [0.25, 0.3) is 0 Å². The van der Waals surface area contributed by atoms with Crippen molar-refractivity contribution in [3.05, 3.63) is 65.7 Å². The first-order valence-corrected chi connectivity index (χ1v) is 6.34. The van der Waals surface area contributed by atoms with Gasteiger partial charge in [-0.2, -0.15) is 18.4 Å². The van der Waals surface area contributed by atoms with E-state index >= 15 is 0 Å². The minimum absolute atomic E-state index is 0.00757. The lowest BCUT2D eigenvalue weighted by atomic mass is 10.1. The van der Waals surface area contributed by atoms with Crippen LogP contribution in [0, 0.1) is 11.5 Å². The van der Waals surface area contributed by atoms with E-state index in [0.29, 0.717) is 11.3 Å². The van der Waals surface area contributed by atoms with Gasteiger partial charge >= 0.3 is 6.18 Å². The molecule has 0 fully saturated rings. The molecular formula is C16H11F3N2O. The van der Waals surface area contributed by atoms with Gasteiger partial charge in [-0.15, -0.1) is 4.99 Å². The lowest BCUT2D eigenvalue weighted by Crippen LogP contribution is -2.13. The summed E-state index contributed by atoms with van der Waals surface area (Å²) in [7, 11) is 0. The van der Waals surface area contributed by atoms with Crippen molar-refractivity contribution in [1.82, 2.24) is 0 Å². The number of nitrogens with zero attached hydrogens (tertiary/aromatic N) is 2. The third-order valence-corrected chi connectivity index (χ3v) is 2.76. The Hall–Kier alpha value is -2.81. The number of hydrogen-bond acceptors (Lipinski definition) is 3. The zero-order valence-corrected chi connectivity index (χ0v) is 11.3. The molecule has 0 aliphatic rings. The zero-order valence-electron chi connectivity index (χ0n) is 11.3. The smallest absolute Gasteiger partial charge is 0.416 e. The molecule has 0 saturated heterocycles. The maximum Gasteiger partial charge on any atom is 0.416 e. The van der Waals surface area contributed by atoms with Gasteiger partial charge in [-0.25, -0.2) is 0 Å². The number of aliphatic imine (C=N–C) groups is 1.